The average molecular weight is 473 g/mol. The molecule has 0 atom stereocenters. The molecule has 2 N–H and O–H groups in total. The Labute approximate surface area is 174 Å². The number of aliphatic imine (C=N–C) groups is 1. The molecular formula is C19H32IN5O. The first-order chi connectivity index (χ1) is 12.3. The lowest BCUT2D eigenvalue weighted by Crippen LogP contribution is -2.47. The summed E-state index contributed by atoms with van der Waals surface area (Å²) in [4.78, 5) is 9.15. The fourth-order valence-electron chi connectivity index (χ4n) is 2.92. The molecule has 1 aliphatic heterocycles. The van der Waals surface area contributed by atoms with Gasteiger partial charge in [0.05, 0.1) is 7.11 Å². The van der Waals surface area contributed by atoms with E-state index in [9.17, 15) is 0 Å². The topological polar surface area (TPSA) is 52.1 Å². The van der Waals surface area contributed by atoms with Crippen LogP contribution < -0.4 is 20.3 Å². The van der Waals surface area contributed by atoms with Gasteiger partial charge in [0, 0.05) is 52.0 Å². The molecular weight excluding hydrogens is 441 g/mol. The number of rotatable bonds is 8. The van der Waals surface area contributed by atoms with Gasteiger partial charge in [0.15, 0.2) is 5.96 Å². The molecule has 26 heavy (non-hydrogen) atoms. The fraction of sp³-hybridized carbons (Fsp3) is 0.526. The van der Waals surface area contributed by atoms with Gasteiger partial charge in [-0.2, -0.15) is 0 Å². The number of nitrogens with zero attached hydrogens (tertiary/aromatic N) is 3. The second kappa shape index (κ2) is 12.8. The minimum absolute atomic E-state index is 0. The van der Waals surface area contributed by atoms with Crippen LogP contribution in [0.15, 0.2) is 41.9 Å². The van der Waals surface area contributed by atoms with Gasteiger partial charge in [0.25, 0.3) is 0 Å². The molecule has 1 heterocycles. The standard InChI is InChI=1S/C19H31N5O.HI/c1-4-10-21-19(20-2)22-11-5-12-23-13-15-24(16-14-23)17-6-8-18(25-3)9-7-17;/h4,6-9H,1,5,10-16H2,2-3H3,(H2,20,21,22);1H. The van der Waals surface area contributed by atoms with E-state index in [1.54, 1.807) is 14.2 Å². The second-order valence-corrected chi connectivity index (χ2v) is 6.05. The molecule has 1 fully saturated rings. The van der Waals surface area contributed by atoms with Crippen LogP contribution in [0.5, 0.6) is 5.75 Å². The summed E-state index contributed by atoms with van der Waals surface area (Å²) < 4.78 is 5.22. The number of halogens is 1. The number of nitrogens with one attached hydrogen (secondary N) is 2. The maximum atomic E-state index is 5.22. The lowest BCUT2D eigenvalue weighted by Gasteiger charge is -2.36. The Morgan fingerprint density at radius 3 is 2.46 bits per heavy atom. The SMILES string of the molecule is C=CCNC(=NC)NCCCN1CCN(c2ccc(OC)cc2)CC1.I. The monoisotopic (exact) mass is 473 g/mol. The van der Waals surface area contributed by atoms with Crippen molar-refractivity contribution in [2.45, 2.75) is 6.42 Å². The third kappa shape index (κ3) is 7.41. The molecule has 1 aromatic rings. The number of ether oxygens (including phenoxy) is 1. The lowest BCUT2D eigenvalue weighted by molar-refractivity contribution is 0.255. The molecule has 2 rings (SSSR count). The predicted octanol–water partition coefficient (Wildman–Crippen LogP) is 2.18. The summed E-state index contributed by atoms with van der Waals surface area (Å²) in [7, 11) is 3.49. The minimum Gasteiger partial charge on any atom is -0.497 e. The van der Waals surface area contributed by atoms with Crippen molar-refractivity contribution in [1.29, 1.82) is 0 Å². The zero-order chi connectivity index (χ0) is 17.9. The molecule has 7 heteroatoms. The smallest absolute Gasteiger partial charge is 0.191 e. The van der Waals surface area contributed by atoms with E-state index < -0.39 is 0 Å². The molecule has 0 radical (unpaired) electrons. The normalized spacial score (nSPS) is 15.2. The van der Waals surface area contributed by atoms with Crippen LogP contribution in [0.2, 0.25) is 0 Å². The molecule has 1 aliphatic rings. The molecule has 0 amide bonds. The first-order valence-electron chi connectivity index (χ1n) is 8.93. The van der Waals surface area contributed by atoms with Crippen LogP contribution in [-0.2, 0) is 0 Å². The summed E-state index contributed by atoms with van der Waals surface area (Å²) in [5, 5.41) is 6.51. The highest BCUT2D eigenvalue weighted by molar-refractivity contribution is 14.0. The number of benzene rings is 1. The van der Waals surface area contributed by atoms with Crippen LogP contribution in [0.3, 0.4) is 0 Å². The second-order valence-electron chi connectivity index (χ2n) is 6.05. The van der Waals surface area contributed by atoms with Crippen molar-refractivity contribution in [2.24, 2.45) is 4.99 Å². The van der Waals surface area contributed by atoms with Crippen molar-refractivity contribution in [2.75, 3.05) is 64.9 Å². The highest BCUT2D eigenvalue weighted by Gasteiger charge is 2.16. The average Bonchev–Trinajstić information content (AvgIpc) is 2.68. The molecule has 0 aliphatic carbocycles. The van der Waals surface area contributed by atoms with Crippen LogP contribution in [0.1, 0.15) is 6.42 Å². The summed E-state index contributed by atoms with van der Waals surface area (Å²) in [5.41, 5.74) is 1.28. The van der Waals surface area contributed by atoms with Crippen molar-refractivity contribution in [3.05, 3.63) is 36.9 Å². The van der Waals surface area contributed by atoms with Crippen LogP contribution in [-0.4, -0.2) is 70.8 Å². The summed E-state index contributed by atoms with van der Waals surface area (Å²) >= 11 is 0. The Morgan fingerprint density at radius 1 is 1.19 bits per heavy atom. The quantitative estimate of drug-likeness (QED) is 0.199. The largest absolute Gasteiger partial charge is 0.497 e. The van der Waals surface area contributed by atoms with Gasteiger partial charge in [-0.05, 0) is 37.2 Å². The van der Waals surface area contributed by atoms with Crippen molar-refractivity contribution < 1.29 is 4.74 Å². The minimum atomic E-state index is 0. The van der Waals surface area contributed by atoms with Crippen molar-refractivity contribution >= 4 is 35.6 Å². The molecule has 1 aromatic carbocycles. The van der Waals surface area contributed by atoms with Gasteiger partial charge in [0.2, 0.25) is 0 Å². The predicted molar refractivity (Wildman–Crippen MR) is 121 cm³/mol. The van der Waals surface area contributed by atoms with E-state index in [0.717, 1.165) is 63.9 Å². The van der Waals surface area contributed by atoms with Gasteiger partial charge in [0.1, 0.15) is 5.75 Å². The molecule has 0 saturated carbocycles. The van der Waals surface area contributed by atoms with E-state index in [2.05, 4.69) is 44.1 Å². The summed E-state index contributed by atoms with van der Waals surface area (Å²) in [5.74, 6) is 1.75. The number of hydrogen-bond acceptors (Lipinski definition) is 4. The zero-order valence-corrected chi connectivity index (χ0v) is 18.2. The van der Waals surface area contributed by atoms with Crippen LogP contribution in [0, 0.1) is 0 Å². The maximum Gasteiger partial charge on any atom is 0.191 e. The summed E-state index contributed by atoms with van der Waals surface area (Å²) in [6.07, 6.45) is 2.94. The Kier molecular flexibility index (Phi) is 11.1. The molecule has 0 aromatic heterocycles. The number of guanidine groups is 1. The van der Waals surface area contributed by atoms with Gasteiger partial charge >= 0.3 is 0 Å². The van der Waals surface area contributed by atoms with Crippen LogP contribution in [0.25, 0.3) is 0 Å². The van der Waals surface area contributed by atoms with E-state index in [-0.39, 0.29) is 24.0 Å². The van der Waals surface area contributed by atoms with E-state index in [1.807, 2.05) is 18.2 Å². The van der Waals surface area contributed by atoms with Gasteiger partial charge in [-0.3, -0.25) is 9.89 Å². The van der Waals surface area contributed by atoms with Crippen LogP contribution >= 0.6 is 24.0 Å². The summed E-state index contributed by atoms with van der Waals surface area (Å²) in [6.45, 7) is 10.8. The number of piperazine rings is 1. The van der Waals surface area contributed by atoms with Gasteiger partial charge in [-0.15, -0.1) is 30.6 Å². The number of anilines is 1. The Morgan fingerprint density at radius 2 is 1.88 bits per heavy atom. The zero-order valence-electron chi connectivity index (χ0n) is 15.9. The van der Waals surface area contributed by atoms with Crippen molar-refractivity contribution in [3.8, 4) is 5.75 Å². The van der Waals surface area contributed by atoms with Gasteiger partial charge in [-0.1, -0.05) is 6.08 Å². The number of methoxy groups -OCH3 is 1. The van der Waals surface area contributed by atoms with Gasteiger partial charge < -0.3 is 20.3 Å². The van der Waals surface area contributed by atoms with E-state index in [0.29, 0.717) is 0 Å². The van der Waals surface area contributed by atoms with Crippen molar-refractivity contribution in [1.82, 2.24) is 15.5 Å². The third-order valence-electron chi connectivity index (χ3n) is 4.39. The maximum absolute atomic E-state index is 5.22. The first-order valence-corrected chi connectivity index (χ1v) is 8.93. The Hall–Kier alpha value is -1.48. The molecule has 0 spiro atoms. The fourth-order valence-corrected chi connectivity index (χ4v) is 2.92. The highest BCUT2D eigenvalue weighted by atomic mass is 127. The third-order valence-corrected chi connectivity index (χ3v) is 4.39. The van der Waals surface area contributed by atoms with Crippen LogP contribution in [0.4, 0.5) is 5.69 Å². The number of hydrogen-bond donors (Lipinski definition) is 2. The Bertz CT molecular complexity index is 541. The summed E-state index contributed by atoms with van der Waals surface area (Å²) in [6, 6.07) is 8.34. The highest BCUT2D eigenvalue weighted by Crippen LogP contribution is 2.20. The van der Waals surface area contributed by atoms with Crippen molar-refractivity contribution in [3.63, 3.8) is 0 Å². The van der Waals surface area contributed by atoms with Gasteiger partial charge in [-0.25, -0.2) is 0 Å². The van der Waals surface area contributed by atoms with E-state index >= 15 is 0 Å². The van der Waals surface area contributed by atoms with E-state index in [1.165, 1.54) is 5.69 Å². The molecule has 0 unspecified atom stereocenters. The molecule has 1 saturated heterocycles. The first kappa shape index (κ1) is 22.6. The Balaban J connectivity index is 0.00000338. The van der Waals surface area contributed by atoms with E-state index in [4.69, 9.17) is 4.74 Å². The molecule has 0 bridgehead atoms. The molecule has 6 nitrogen and oxygen atoms in total. The lowest BCUT2D eigenvalue weighted by atomic mass is 10.2. The molecule has 146 valence electrons.